The number of alkyl halides is 3. The number of benzene rings is 2. The maximum Gasteiger partial charge on any atom is 0.412 e. The Morgan fingerprint density at radius 2 is 1.69 bits per heavy atom. The van der Waals surface area contributed by atoms with E-state index in [0.29, 0.717) is 24.9 Å². The van der Waals surface area contributed by atoms with Crippen molar-refractivity contribution in [3.63, 3.8) is 0 Å². The minimum atomic E-state index is -4.73. The molecule has 1 aliphatic rings. The first kappa shape index (κ1) is 20.8. The van der Waals surface area contributed by atoms with Crippen LogP contribution in [0.25, 0.3) is 0 Å². The van der Waals surface area contributed by atoms with Crippen molar-refractivity contribution in [2.75, 3.05) is 13.1 Å². The monoisotopic (exact) mass is 408 g/mol. The zero-order chi connectivity index (χ0) is 21.0. The molecule has 29 heavy (non-hydrogen) atoms. The van der Waals surface area contributed by atoms with E-state index in [2.05, 4.69) is 0 Å². The van der Waals surface area contributed by atoms with Gasteiger partial charge in [-0.15, -0.1) is 0 Å². The van der Waals surface area contributed by atoms with E-state index in [0.717, 1.165) is 24.3 Å². The Hall–Kier alpha value is -2.90. The van der Waals surface area contributed by atoms with E-state index >= 15 is 0 Å². The molecule has 0 aliphatic carbocycles. The lowest BCUT2D eigenvalue weighted by Gasteiger charge is -2.33. The summed E-state index contributed by atoms with van der Waals surface area (Å²) in [6.07, 6.45) is -3.83. The molecule has 0 saturated carbocycles. The number of piperidine rings is 1. The molecule has 3 rings (SSSR count). The fraction of sp³-hybridized carbons (Fsp3) is 0.333. The fourth-order valence-corrected chi connectivity index (χ4v) is 3.41. The second-order valence-corrected chi connectivity index (χ2v) is 6.99. The quantitative estimate of drug-likeness (QED) is 0.775. The molecule has 1 saturated heterocycles. The fourth-order valence-electron chi connectivity index (χ4n) is 3.41. The highest BCUT2D eigenvalue weighted by molar-refractivity contribution is 5.94. The molecule has 2 aromatic rings. The molecular weight excluding hydrogens is 388 g/mol. The SMILES string of the molecule is O=C(NC(c1ccc(F)cc1)C(F)(F)F)C1CCCN(C(=O)c2ccccc2)C1. The van der Waals surface area contributed by atoms with Gasteiger partial charge in [-0.25, -0.2) is 4.39 Å². The molecular formula is C21H20F4N2O2. The summed E-state index contributed by atoms with van der Waals surface area (Å²) >= 11 is 0. The average molecular weight is 408 g/mol. The zero-order valence-corrected chi connectivity index (χ0v) is 15.5. The van der Waals surface area contributed by atoms with Gasteiger partial charge in [-0.1, -0.05) is 30.3 Å². The molecule has 8 heteroatoms. The molecule has 2 aromatic carbocycles. The largest absolute Gasteiger partial charge is 0.412 e. The van der Waals surface area contributed by atoms with Crippen LogP contribution in [0.2, 0.25) is 0 Å². The number of halogens is 4. The standard InChI is InChI=1S/C21H20F4N2O2/c22-17-10-8-14(9-11-17)18(21(23,24)25)26-19(28)16-7-4-12-27(13-16)20(29)15-5-2-1-3-6-15/h1-3,5-6,8-11,16,18H,4,7,12-13H2,(H,26,28). The molecule has 0 aromatic heterocycles. The molecule has 0 radical (unpaired) electrons. The molecule has 1 heterocycles. The van der Waals surface area contributed by atoms with Crippen LogP contribution in [-0.2, 0) is 4.79 Å². The van der Waals surface area contributed by atoms with Crippen LogP contribution < -0.4 is 5.32 Å². The second-order valence-electron chi connectivity index (χ2n) is 6.99. The third kappa shape index (κ3) is 5.13. The first-order valence-corrected chi connectivity index (χ1v) is 9.22. The van der Waals surface area contributed by atoms with Crippen LogP contribution in [0.1, 0.15) is 34.8 Å². The molecule has 4 nitrogen and oxygen atoms in total. The summed E-state index contributed by atoms with van der Waals surface area (Å²) in [6, 6.07) is 10.1. The van der Waals surface area contributed by atoms with Crippen molar-refractivity contribution in [3.8, 4) is 0 Å². The third-order valence-electron chi connectivity index (χ3n) is 4.92. The lowest BCUT2D eigenvalue weighted by atomic mass is 9.95. The normalized spacial score (nSPS) is 18.2. The number of nitrogens with zero attached hydrogens (tertiary/aromatic N) is 1. The van der Waals surface area contributed by atoms with Crippen LogP contribution in [-0.4, -0.2) is 36.0 Å². The van der Waals surface area contributed by atoms with Gasteiger partial charge in [0.1, 0.15) is 5.82 Å². The Balaban J connectivity index is 1.71. The Labute approximate surface area is 165 Å². The predicted molar refractivity (Wildman–Crippen MR) is 98.4 cm³/mol. The summed E-state index contributed by atoms with van der Waals surface area (Å²) in [5.74, 6) is -2.44. The lowest BCUT2D eigenvalue weighted by Crippen LogP contribution is -2.48. The summed E-state index contributed by atoms with van der Waals surface area (Å²) in [7, 11) is 0. The Bertz CT molecular complexity index is 853. The molecule has 154 valence electrons. The summed E-state index contributed by atoms with van der Waals surface area (Å²) in [5.41, 5.74) is 0.216. The minimum absolute atomic E-state index is 0.0492. The molecule has 2 unspecified atom stereocenters. The number of carbonyl (C=O) groups excluding carboxylic acids is 2. The number of likely N-dealkylation sites (tertiary alicyclic amines) is 1. The highest BCUT2D eigenvalue weighted by atomic mass is 19.4. The van der Waals surface area contributed by atoms with Crippen LogP contribution in [0.3, 0.4) is 0 Å². The van der Waals surface area contributed by atoms with Gasteiger partial charge in [0, 0.05) is 18.7 Å². The van der Waals surface area contributed by atoms with Crippen LogP contribution in [0.4, 0.5) is 17.6 Å². The van der Waals surface area contributed by atoms with Gasteiger partial charge in [-0.05, 0) is 42.7 Å². The van der Waals surface area contributed by atoms with E-state index in [4.69, 9.17) is 0 Å². The van der Waals surface area contributed by atoms with Crippen LogP contribution in [0.5, 0.6) is 0 Å². The highest BCUT2D eigenvalue weighted by Gasteiger charge is 2.43. The van der Waals surface area contributed by atoms with E-state index in [9.17, 15) is 27.2 Å². The number of amides is 2. The zero-order valence-electron chi connectivity index (χ0n) is 15.5. The van der Waals surface area contributed by atoms with Crippen LogP contribution in [0, 0.1) is 11.7 Å². The molecule has 1 N–H and O–H groups in total. The van der Waals surface area contributed by atoms with Crippen molar-refractivity contribution in [2.24, 2.45) is 5.92 Å². The highest BCUT2D eigenvalue weighted by Crippen LogP contribution is 2.33. The maximum absolute atomic E-state index is 13.5. The summed E-state index contributed by atoms with van der Waals surface area (Å²) in [5, 5.41) is 2.04. The average Bonchev–Trinajstić information content (AvgIpc) is 2.72. The van der Waals surface area contributed by atoms with Gasteiger partial charge >= 0.3 is 6.18 Å². The van der Waals surface area contributed by atoms with E-state index in [1.807, 2.05) is 5.32 Å². The number of hydrogen-bond acceptors (Lipinski definition) is 2. The van der Waals surface area contributed by atoms with Crippen molar-refractivity contribution in [1.29, 1.82) is 0 Å². The lowest BCUT2D eigenvalue weighted by molar-refractivity contribution is -0.165. The van der Waals surface area contributed by atoms with Crippen molar-refractivity contribution >= 4 is 11.8 Å². The Kier molecular flexibility index (Phi) is 6.20. The van der Waals surface area contributed by atoms with E-state index < -0.39 is 29.9 Å². The van der Waals surface area contributed by atoms with Gasteiger partial charge < -0.3 is 10.2 Å². The smallest absolute Gasteiger partial charge is 0.341 e. The number of carbonyl (C=O) groups is 2. The van der Waals surface area contributed by atoms with E-state index in [1.165, 1.54) is 4.90 Å². The molecule has 2 amide bonds. The van der Waals surface area contributed by atoms with Crippen molar-refractivity contribution < 1.29 is 27.2 Å². The number of rotatable bonds is 4. The van der Waals surface area contributed by atoms with Crippen molar-refractivity contribution in [2.45, 2.75) is 25.1 Å². The third-order valence-corrected chi connectivity index (χ3v) is 4.92. The van der Waals surface area contributed by atoms with Crippen molar-refractivity contribution in [3.05, 3.63) is 71.5 Å². The van der Waals surface area contributed by atoms with E-state index in [-0.39, 0.29) is 18.0 Å². The van der Waals surface area contributed by atoms with Gasteiger partial charge in [-0.3, -0.25) is 9.59 Å². The molecule has 2 atom stereocenters. The minimum Gasteiger partial charge on any atom is -0.341 e. The van der Waals surface area contributed by atoms with Crippen LogP contribution >= 0.6 is 0 Å². The van der Waals surface area contributed by atoms with Gasteiger partial charge in [0.25, 0.3) is 5.91 Å². The summed E-state index contributed by atoms with van der Waals surface area (Å²) in [6.45, 7) is 0.492. The van der Waals surface area contributed by atoms with Gasteiger partial charge in [-0.2, -0.15) is 13.2 Å². The van der Waals surface area contributed by atoms with Gasteiger partial charge in [0.15, 0.2) is 6.04 Å². The molecule has 0 spiro atoms. The number of nitrogens with one attached hydrogen (secondary N) is 1. The summed E-state index contributed by atoms with van der Waals surface area (Å²) in [4.78, 5) is 26.6. The topological polar surface area (TPSA) is 49.4 Å². The predicted octanol–water partition coefficient (Wildman–Crippen LogP) is 4.10. The first-order valence-electron chi connectivity index (χ1n) is 9.22. The molecule has 0 bridgehead atoms. The van der Waals surface area contributed by atoms with Gasteiger partial charge in [0.05, 0.1) is 5.92 Å². The first-order chi connectivity index (χ1) is 13.8. The Morgan fingerprint density at radius 1 is 1.03 bits per heavy atom. The Morgan fingerprint density at radius 3 is 2.31 bits per heavy atom. The molecule has 1 aliphatic heterocycles. The maximum atomic E-state index is 13.5. The van der Waals surface area contributed by atoms with Crippen molar-refractivity contribution in [1.82, 2.24) is 10.2 Å². The van der Waals surface area contributed by atoms with Gasteiger partial charge in [0.2, 0.25) is 5.91 Å². The molecule has 1 fully saturated rings. The van der Waals surface area contributed by atoms with E-state index in [1.54, 1.807) is 30.3 Å². The number of hydrogen-bond donors (Lipinski definition) is 1. The second kappa shape index (κ2) is 8.63. The summed E-state index contributed by atoms with van der Waals surface area (Å²) < 4.78 is 53.5. The van der Waals surface area contributed by atoms with Crippen LogP contribution in [0.15, 0.2) is 54.6 Å².